The molecule has 0 radical (unpaired) electrons. The minimum atomic E-state index is -0.349. The quantitative estimate of drug-likeness (QED) is 0.930. The summed E-state index contributed by atoms with van der Waals surface area (Å²) in [5.41, 5.74) is 1.36. The SMILES string of the molecule is c1cc2c(cc1CCN1CCNCC1)OC1(CCCCC1)O2. The van der Waals surface area contributed by atoms with Gasteiger partial charge in [-0.15, -0.1) is 0 Å². The summed E-state index contributed by atoms with van der Waals surface area (Å²) in [6.07, 6.45) is 6.87. The van der Waals surface area contributed by atoms with E-state index in [2.05, 4.69) is 28.4 Å². The maximum atomic E-state index is 6.22. The lowest BCUT2D eigenvalue weighted by molar-refractivity contribution is -0.105. The topological polar surface area (TPSA) is 33.7 Å². The fourth-order valence-corrected chi connectivity index (χ4v) is 3.81. The van der Waals surface area contributed by atoms with Gasteiger partial charge in [0, 0.05) is 45.6 Å². The molecule has 2 heterocycles. The van der Waals surface area contributed by atoms with E-state index >= 15 is 0 Å². The van der Waals surface area contributed by atoms with Gasteiger partial charge in [0.2, 0.25) is 0 Å². The van der Waals surface area contributed by atoms with Crippen LogP contribution in [0.1, 0.15) is 37.7 Å². The number of nitrogens with one attached hydrogen (secondary N) is 1. The van der Waals surface area contributed by atoms with E-state index in [1.54, 1.807) is 0 Å². The second-order valence-electron chi connectivity index (χ2n) is 6.80. The van der Waals surface area contributed by atoms with E-state index in [-0.39, 0.29) is 5.79 Å². The van der Waals surface area contributed by atoms with Crippen LogP contribution < -0.4 is 14.8 Å². The average Bonchev–Trinajstić information content (AvgIpc) is 2.91. The van der Waals surface area contributed by atoms with Crippen LogP contribution >= 0.6 is 0 Å². The highest BCUT2D eigenvalue weighted by Gasteiger charge is 2.42. The van der Waals surface area contributed by atoms with E-state index in [0.717, 1.165) is 63.5 Å². The van der Waals surface area contributed by atoms with Gasteiger partial charge in [-0.2, -0.15) is 0 Å². The maximum absolute atomic E-state index is 6.22. The smallest absolute Gasteiger partial charge is 0.251 e. The fourth-order valence-electron chi connectivity index (χ4n) is 3.81. The van der Waals surface area contributed by atoms with E-state index in [1.807, 2.05) is 0 Å². The number of nitrogens with zero attached hydrogens (tertiary/aromatic N) is 1. The Morgan fingerprint density at radius 2 is 1.77 bits per heavy atom. The zero-order chi connectivity index (χ0) is 14.8. The second kappa shape index (κ2) is 6.09. The number of piperazine rings is 1. The molecule has 3 aliphatic rings. The highest BCUT2D eigenvalue weighted by molar-refractivity contribution is 5.46. The van der Waals surface area contributed by atoms with Crippen LogP contribution in [-0.2, 0) is 6.42 Å². The van der Waals surface area contributed by atoms with Crippen LogP contribution in [0.4, 0.5) is 0 Å². The first-order valence-electron chi connectivity index (χ1n) is 8.77. The van der Waals surface area contributed by atoms with Crippen LogP contribution in [0, 0.1) is 0 Å². The predicted octanol–water partition coefficient (Wildman–Crippen LogP) is 2.57. The van der Waals surface area contributed by atoms with Crippen molar-refractivity contribution in [1.29, 1.82) is 0 Å². The molecular weight excluding hydrogens is 276 g/mol. The summed E-state index contributed by atoms with van der Waals surface area (Å²) in [6, 6.07) is 6.50. The summed E-state index contributed by atoms with van der Waals surface area (Å²) in [5, 5.41) is 3.40. The van der Waals surface area contributed by atoms with Gasteiger partial charge < -0.3 is 19.7 Å². The van der Waals surface area contributed by atoms with E-state index < -0.39 is 0 Å². The molecule has 1 N–H and O–H groups in total. The molecule has 0 amide bonds. The Kier molecular flexibility index (Phi) is 3.97. The molecule has 1 saturated heterocycles. The third kappa shape index (κ3) is 2.95. The van der Waals surface area contributed by atoms with Crippen LogP contribution in [-0.4, -0.2) is 43.4 Å². The summed E-state index contributed by atoms with van der Waals surface area (Å²) < 4.78 is 12.4. The molecule has 120 valence electrons. The monoisotopic (exact) mass is 302 g/mol. The summed E-state index contributed by atoms with van der Waals surface area (Å²) in [5.74, 6) is 1.55. The van der Waals surface area contributed by atoms with Crippen LogP contribution in [0.3, 0.4) is 0 Å². The van der Waals surface area contributed by atoms with Crippen LogP contribution in [0.2, 0.25) is 0 Å². The normalized spacial score (nSPS) is 23.8. The molecule has 1 aromatic rings. The van der Waals surface area contributed by atoms with Crippen LogP contribution in [0.5, 0.6) is 11.5 Å². The first-order valence-corrected chi connectivity index (χ1v) is 8.77. The molecule has 1 saturated carbocycles. The Labute approximate surface area is 132 Å². The van der Waals surface area contributed by atoms with E-state index in [4.69, 9.17) is 9.47 Å². The highest BCUT2D eigenvalue weighted by Crippen LogP contribution is 2.45. The van der Waals surface area contributed by atoms with E-state index in [1.165, 1.54) is 24.8 Å². The number of fused-ring (bicyclic) bond motifs is 1. The zero-order valence-corrected chi connectivity index (χ0v) is 13.3. The lowest BCUT2D eigenvalue weighted by atomic mass is 9.94. The molecule has 4 heteroatoms. The van der Waals surface area contributed by atoms with Crippen molar-refractivity contribution < 1.29 is 9.47 Å². The Bertz CT molecular complexity index is 520. The van der Waals surface area contributed by atoms with Gasteiger partial charge in [0.1, 0.15) is 0 Å². The third-order valence-corrected chi connectivity index (χ3v) is 5.14. The van der Waals surface area contributed by atoms with Crippen molar-refractivity contribution >= 4 is 0 Å². The Morgan fingerprint density at radius 3 is 2.59 bits per heavy atom. The lowest BCUT2D eigenvalue weighted by Crippen LogP contribution is -2.44. The molecule has 4 nitrogen and oxygen atoms in total. The van der Waals surface area contributed by atoms with Crippen LogP contribution in [0.15, 0.2) is 18.2 Å². The van der Waals surface area contributed by atoms with Gasteiger partial charge in [0.15, 0.2) is 11.5 Å². The fraction of sp³-hybridized carbons (Fsp3) is 0.667. The minimum absolute atomic E-state index is 0.349. The average molecular weight is 302 g/mol. The van der Waals surface area contributed by atoms with Crippen molar-refractivity contribution in [3.8, 4) is 11.5 Å². The number of ether oxygens (including phenoxy) is 2. The molecule has 1 aliphatic carbocycles. The van der Waals surface area contributed by atoms with Crippen molar-refractivity contribution in [3.63, 3.8) is 0 Å². The first kappa shape index (κ1) is 14.3. The lowest BCUT2D eigenvalue weighted by Gasteiger charge is -2.31. The number of hydrogen-bond donors (Lipinski definition) is 1. The van der Waals surface area contributed by atoms with Crippen molar-refractivity contribution in [2.24, 2.45) is 0 Å². The first-order chi connectivity index (χ1) is 10.8. The van der Waals surface area contributed by atoms with Gasteiger partial charge in [-0.3, -0.25) is 0 Å². The molecule has 1 spiro atoms. The van der Waals surface area contributed by atoms with Crippen LogP contribution in [0.25, 0.3) is 0 Å². The van der Waals surface area contributed by atoms with Crippen molar-refractivity contribution in [3.05, 3.63) is 23.8 Å². The Balaban J connectivity index is 1.39. The summed E-state index contributed by atoms with van der Waals surface area (Å²) >= 11 is 0. The summed E-state index contributed by atoms with van der Waals surface area (Å²) in [7, 11) is 0. The van der Waals surface area contributed by atoms with Gasteiger partial charge in [-0.25, -0.2) is 0 Å². The Morgan fingerprint density at radius 1 is 1.00 bits per heavy atom. The predicted molar refractivity (Wildman–Crippen MR) is 86.5 cm³/mol. The van der Waals surface area contributed by atoms with Gasteiger partial charge in [0.25, 0.3) is 5.79 Å². The molecule has 0 atom stereocenters. The molecule has 0 unspecified atom stereocenters. The number of benzene rings is 1. The molecule has 0 bridgehead atoms. The minimum Gasteiger partial charge on any atom is -0.448 e. The zero-order valence-electron chi connectivity index (χ0n) is 13.3. The van der Waals surface area contributed by atoms with Gasteiger partial charge in [0.05, 0.1) is 0 Å². The maximum Gasteiger partial charge on any atom is 0.251 e. The molecular formula is C18H26N2O2. The van der Waals surface area contributed by atoms with Crippen molar-refractivity contribution in [1.82, 2.24) is 10.2 Å². The molecule has 2 fully saturated rings. The Hall–Kier alpha value is -1.26. The van der Waals surface area contributed by atoms with E-state index in [0.29, 0.717) is 0 Å². The second-order valence-corrected chi connectivity index (χ2v) is 6.80. The largest absolute Gasteiger partial charge is 0.448 e. The van der Waals surface area contributed by atoms with Gasteiger partial charge in [-0.1, -0.05) is 12.5 Å². The third-order valence-electron chi connectivity index (χ3n) is 5.14. The number of hydrogen-bond acceptors (Lipinski definition) is 4. The van der Waals surface area contributed by atoms with Gasteiger partial charge >= 0.3 is 0 Å². The van der Waals surface area contributed by atoms with Gasteiger partial charge in [-0.05, 0) is 37.0 Å². The van der Waals surface area contributed by atoms with Crippen molar-refractivity contribution in [2.45, 2.75) is 44.3 Å². The summed E-state index contributed by atoms with van der Waals surface area (Å²) in [6.45, 7) is 5.68. The molecule has 1 aromatic carbocycles. The van der Waals surface area contributed by atoms with Crippen molar-refractivity contribution in [2.75, 3.05) is 32.7 Å². The molecule has 22 heavy (non-hydrogen) atoms. The molecule has 0 aromatic heterocycles. The van der Waals surface area contributed by atoms with E-state index in [9.17, 15) is 0 Å². The standard InChI is InChI=1S/C18H26N2O2/c1-2-7-18(8-3-1)21-16-5-4-15(14-17(16)22-18)6-11-20-12-9-19-10-13-20/h4-5,14,19H,1-3,6-13H2. The summed E-state index contributed by atoms with van der Waals surface area (Å²) in [4.78, 5) is 2.53. The molecule has 4 rings (SSSR count). The number of rotatable bonds is 3. The highest BCUT2D eigenvalue weighted by atomic mass is 16.7. The molecule has 2 aliphatic heterocycles.